The molecular weight excluding hydrogens is 295 g/mol. The Morgan fingerprint density at radius 2 is 2.14 bits per heavy atom. The third kappa shape index (κ3) is 3.13. The highest BCUT2D eigenvalue weighted by atomic mass is 35.5. The van der Waals surface area contributed by atoms with E-state index in [2.05, 4.69) is 4.98 Å². The molecule has 1 atom stereocenters. The summed E-state index contributed by atoms with van der Waals surface area (Å²) in [4.78, 5) is 14.6. The van der Waals surface area contributed by atoms with Crippen LogP contribution in [-0.2, 0) is 6.42 Å². The molecule has 0 spiro atoms. The van der Waals surface area contributed by atoms with Gasteiger partial charge < -0.3 is 0 Å². The molecule has 0 N–H and O–H groups in total. The number of nitro groups is 1. The van der Waals surface area contributed by atoms with E-state index < -0.39 is 10.7 Å². The topological polar surface area (TPSA) is 56.0 Å². The lowest BCUT2D eigenvalue weighted by Gasteiger charge is -2.25. The summed E-state index contributed by atoms with van der Waals surface area (Å²) in [6.07, 6.45) is 1.76. The standard InChI is InChI=1S/C15H16ClFN2O2/c1-15(2,3)13(16)7-10-11(17)8-12(19(20)21)9-5-4-6-18-14(9)10/h4-6,8,13H,7H2,1-3H3. The summed E-state index contributed by atoms with van der Waals surface area (Å²) in [5.41, 5.74) is 0.142. The molecule has 2 rings (SSSR count). The van der Waals surface area contributed by atoms with Crippen molar-refractivity contribution in [3.05, 3.63) is 45.9 Å². The van der Waals surface area contributed by atoms with Crippen LogP contribution in [0.4, 0.5) is 10.1 Å². The van der Waals surface area contributed by atoms with E-state index in [0.29, 0.717) is 16.5 Å². The van der Waals surface area contributed by atoms with Gasteiger partial charge in [-0.05, 0) is 24.0 Å². The third-order valence-electron chi connectivity index (χ3n) is 3.44. The molecular formula is C15H16ClFN2O2. The van der Waals surface area contributed by atoms with Gasteiger partial charge >= 0.3 is 0 Å². The van der Waals surface area contributed by atoms with E-state index in [1.165, 1.54) is 6.20 Å². The monoisotopic (exact) mass is 310 g/mol. The Kier molecular flexibility index (Phi) is 4.14. The lowest BCUT2D eigenvalue weighted by Crippen LogP contribution is -2.23. The van der Waals surface area contributed by atoms with Crippen LogP contribution in [0.25, 0.3) is 10.9 Å². The van der Waals surface area contributed by atoms with Crippen LogP contribution in [0.3, 0.4) is 0 Å². The quantitative estimate of drug-likeness (QED) is 0.477. The molecule has 1 aromatic heterocycles. The van der Waals surface area contributed by atoms with Gasteiger partial charge in [-0.3, -0.25) is 15.1 Å². The molecule has 0 aliphatic heterocycles. The third-order valence-corrected chi connectivity index (χ3v) is 4.25. The minimum absolute atomic E-state index is 0.211. The van der Waals surface area contributed by atoms with Gasteiger partial charge in [-0.2, -0.15) is 0 Å². The maximum Gasteiger partial charge on any atom is 0.281 e. The smallest absolute Gasteiger partial charge is 0.258 e. The first-order valence-electron chi connectivity index (χ1n) is 6.56. The Labute approximate surface area is 127 Å². The molecule has 0 saturated heterocycles. The maximum atomic E-state index is 14.3. The lowest BCUT2D eigenvalue weighted by atomic mass is 9.87. The number of pyridine rings is 1. The second kappa shape index (κ2) is 5.56. The first kappa shape index (κ1) is 15.6. The van der Waals surface area contributed by atoms with Crippen molar-refractivity contribution < 1.29 is 9.31 Å². The fourth-order valence-electron chi connectivity index (χ4n) is 2.08. The average Bonchev–Trinajstić information content (AvgIpc) is 2.40. The lowest BCUT2D eigenvalue weighted by molar-refractivity contribution is -0.383. The van der Waals surface area contributed by atoms with E-state index in [9.17, 15) is 14.5 Å². The number of alkyl halides is 1. The summed E-state index contributed by atoms with van der Waals surface area (Å²) < 4.78 is 14.3. The molecule has 2 aromatic rings. The molecule has 4 nitrogen and oxygen atoms in total. The van der Waals surface area contributed by atoms with Crippen molar-refractivity contribution in [2.75, 3.05) is 0 Å². The highest BCUT2D eigenvalue weighted by molar-refractivity contribution is 6.21. The fraction of sp³-hybridized carbons (Fsp3) is 0.400. The van der Waals surface area contributed by atoms with Crippen LogP contribution in [0, 0.1) is 21.3 Å². The predicted molar refractivity (Wildman–Crippen MR) is 81.2 cm³/mol. The van der Waals surface area contributed by atoms with Gasteiger partial charge in [-0.1, -0.05) is 20.8 Å². The summed E-state index contributed by atoms with van der Waals surface area (Å²) in [6.45, 7) is 5.89. The number of aromatic nitrogens is 1. The number of halogens is 2. The van der Waals surface area contributed by atoms with Crippen molar-refractivity contribution in [3.8, 4) is 0 Å². The summed E-state index contributed by atoms with van der Waals surface area (Å²) in [5, 5.41) is 11.1. The van der Waals surface area contributed by atoms with E-state index in [-0.39, 0.29) is 22.9 Å². The zero-order valence-corrected chi connectivity index (χ0v) is 12.8. The molecule has 6 heteroatoms. The maximum absolute atomic E-state index is 14.3. The van der Waals surface area contributed by atoms with Gasteiger partial charge in [0.05, 0.1) is 21.9 Å². The van der Waals surface area contributed by atoms with Crippen molar-refractivity contribution in [1.82, 2.24) is 4.98 Å². The largest absolute Gasteiger partial charge is 0.281 e. The number of hydrogen-bond acceptors (Lipinski definition) is 3. The highest BCUT2D eigenvalue weighted by Gasteiger charge is 2.27. The molecule has 0 amide bonds. The molecule has 112 valence electrons. The Bertz CT molecular complexity index is 698. The van der Waals surface area contributed by atoms with Crippen LogP contribution >= 0.6 is 11.6 Å². The van der Waals surface area contributed by atoms with Gasteiger partial charge in [-0.15, -0.1) is 11.6 Å². The molecule has 0 bridgehead atoms. The summed E-state index contributed by atoms with van der Waals surface area (Å²) in [7, 11) is 0. The van der Waals surface area contributed by atoms with E-state index in [0.717, 1.165) is 6.07 Å². The van der Waals surface area contributed by atoms with Crippen molar-refractivity contribution in [2.24, 2.45) is 5.41 Å². The SMILES string of the molecule is CC(C)(C)C(Cl)Cc1c(F)cc([N+](=O)[O-])c2cccnc12. The van der Waals surface area contributed by atoms with E-state index in [1.54, 1.807) is 12.1 Å². The summed E-state index contributed by atoms with van der Waals surface area (Å²) >= 11 is 6.34. The average molecular weight is 311 g/mol. The van der Waals surface area contributed by atoms with Crippen molar-refractivity contribution in [1.29, 1.82) is 0 Å². The first-order chi connectivity index (χ1) is 9.71. The Hall–Kier alpha value is -1.75. The number of nitrogens with zero attached hydrogens (tertiary/aromatic N) is 2. The normalized spacial score (nSPS) is 13.4. The second-order valence-electron chi connectivity index (χ2n) is 6.05. The minimum atomic E-state index is -0.636. The van der Waals surface area contributed by atoms with Gasteiger partial charge in [0.25, 0.3) is 5.69 Å². The molecule has 21 heavy (non-hydrogen) atoms. The Morgan fingerprint density at radius 1 is 1.48 bits per heavy atom. The molecule has 0 aliphatic carbocycles. The van der Waals surface area contributed by atoms with Gasteiger partial charge in [0.1, 0.15) is 5.82 Å². The zero-order valence-electron chi connectivity index (χ0n) is 12.1. The van der Waals surface area contributed by atoms with Gasteiger partial charge in [0.2, 0.25) is 0 Å². The van der Waals surface area contributed by atoms with Gasteiger partial charge in [-0.25, -0.2) is 4.39 Å². The number of hydrogen-bond donors (Lipinski definition) is 0. The van der Waals surface area contributed by atoms with Crippen molar-refractivity contribution in [2.45, 2.75) is 32.6 Å². The molecule has 0 aliphatic rings. The van der Waals surface area contributed by atoms with Crippen LogP contribution in [0.5, 0.6) is 0 Å². The fourth-order valence-corrected chi connectivity index (χ4v) is 2.24. The van der Waals surface area contributed by atoms with Crippen molar-refractivity contribution >= 4 is 28.2 Å². The van der Waals surface area contributed by atoms with Crippen LogP contribution in [-0.4, -0.2) is 15.3 Å². The Morgan fingerprint density at radius 3 is 2.71 bits per heavy atom. The van der Waals surface area contributed by atoms with E-state index >= 15 is 0 Å². The molecule has 0 fully saturated rings. The number of non-ortho nitro benzene ring substituents is 1. The number of benzene rings is 1. The second-order valence-corrected chi connectivity index (χ2v) is 6.58. The molecule has 1 heterocycles. The summed E-state index contributed by atoms with van der Waals surface area (Å²) in [5.74, 6) is -0.636. The van der Waals surface area contributed by atoms with Gasteiger partial charge in [0, 0.05) is 17.1 Å². The van der Waals surface area contributed by atoms with Crippen LogP contribution < -0.4 is 0 Å². The first-order valence-corrected chi connectivity index (χ1v) is 7.00. The van der Waals surface area contributed by atoms with Crippen LogP contribution in [0.1, 0.15) is 26.3 Å². The molecule has 0 radical (unpaired) electrons. The van der Waals surface area contributed by atoms with Crippen LogP contribution in [0.2, 0.25) is 0 Å². The number of fused-ring (bicyclic) bond motifs is 1. The van der Waals surface area contributed by atoms with E-state index in [1.807, 2.05) is 20.8 Å². The molecule has 0 saturated carbocycles. The minimum Gasteiger partial charge on any atom is -0.258 e. The zero-order chi connectivity index (χ0) is 15.8. The number of nitro benzene ring substituents is 1. The predicted octanol–water partition coefficient (Wildman–Crippen LogP) is 4.48. The highest BCUT2D eigenvalue weighted by Crippen LogP contribution is 2.34. The summed E-state index contributed by atoms with van der Waals surface area (Å²) in [6, 6.07) is 4.12. The van der Waals surface area contributed by atoms with Crippen molar-refractivity contribution in [3.63, 3.8) is 0 Å². The van der Waals surface area contributed by atoms with E-state index in [4.69, 9.17) is 11.6 Å². The van der Waals surface area contributed by atoms with Crippen LogP contribution in [0.15, 0.2) is 24.4 Å². The molecule has 1 aromatic carbocycles. The van der Waals surface area contributed by atoms with Gasteiger partial charge in [0.15, 0.2) is 0 Å². The number of rotatable bonds is 3. The molecule has 1 unspecified atom stereocenters. The Balaban J connectivity index is 2.62.